The van der Waals surface area contributed by atoms with Gasteiger partial charge in [-0.3, -0.25) is 4.79 Å². The molecule has 4 nitrogen and oxygen atoms in total. The number of rotatable bonds is 3. The highest BCUT2D eigenvalue weighted by atomic mass is 32.1. The van der Waals surface area contributed by atoms with Crippen LogP contribution >= 0.6 is 11.3 Å². The summed E-state index contributed by atoms with van der Waals surface area (Å²) in [5.74, 6) is -0.146. The molecule has 0 aliphatic rings. The predicted molar refractivity (Wildman–Crippen MR) is 54.0 cm³/mol. The van der Waals surface area contributed by atoms with Gasteiger partial charge in [0.2, 0.25) is 0 Å². The number of aryl methyl sites for hydroxylation is 1. The highest BCUT2D eigenvalue weighted by molar-refractivity contribution is 7.11. The van der Waals surface area contributed by atoms with Crippen molar-refractivity contribution in [2.45, 2.75) is 26.3 Å². The number of nitrogens with zero attached hydrogens (tertiary/aromatic N) is 2. The molecule has 1 rings (SSSR count). The van der Waals surface area contributed by atoms with E-state index in [4.69, 9.17) is 5.26 Å². The van der Waals surface area contributed by atoms with Gasteiger partial charge in [-0.15, -0.1) is 11.3 Å². The third-order valence-corrected chi connectivity index (χ3v) is 2.65. The molecule has 1 aromatic rings. The summed E-state index contributed by atoms with van der Waals surface area (Å²) in [7, 11) is 0. The molecule has 0 bridgehead atoms. The average molecular weight is 209 g/mol. The molecule has 1 heterocycles. The van der Waals surface area contributed by atoms with Gasteiger partial charge in [-0.05, 0) is 13.8 Å². The maximum atomic E-state index is 11.6. The van der Waals surface area contributed by atoms with E-state index in [0.717, 1.165) is 5.69 Å². The van der Waals surface area contributed by atoms with Crippen molar-refractivity contribution in [3.8, 4) is 6.07 Å². The van der Waals surface area contributed by atoms with Gasteiger partial charge in [0, 0.05) is 6.04 Å². The monoisotopic (exact) mass is 209 g/mol. The molecule has 0 fully saturated rings. The van der Waals surface area contributed by atoms with Crippen LogP contribution < -0.4 is 5.32 Å². The molecule has 0 aliphatic heterocycles. The first-order valence-electron chi connectivity index (χ1n) is 4.23. The van der Waals surface area contributed by atoms with Gasteiger partial charge in [0.25, 0.3) is 5.91 Å². The van der Waals surface area contributed by atoms with Crippen molar-refractivity contribution in [2.24, 2.45) is 0 Å². The number of aromatic nitrogens is 1. The van der Waals surface area contributed by atoms with Crippen LogP contribution in [0.2, 0.25) is 0 Å². The molecule has 1 unspecified atom stereocenters. The van der Waals surface area contributed by atoms with Crippen LogP contribution in [0.15, 0.2) is 5.51 Å². The minimum atomic E-state index is -0.146. The molecule has 0 radical (unpaired) electrons. The zero-order valence-corrected chi connectivity index (χ0v) is 8.89. The van der Waals surface area contributed by atoms with Gasteiger partial charge < -0.3 is 5.32 Å². The molecule has 0 saturated carbocycles. The first kappa shape index (κ1) is 10.7. The van der Waals surface area contributed by atoms with Gasteiger partial charge in [-0.1, -0.05) is 0 Å². The van der Waals surface area contributed by atoms with Gasteiger partial charge in [0.1, 0.15) is 4.88 Å². The van der Waals surface area contributed by atoms with E-state index in [1.807, 2.05) is 6.07 Å². The molecule has 1 amide bonds. The van der Waals surface area contributed by atoms with Crippen molar-refractivity contribution in [1.82, 2.24) is 10.3 Å². The normalized spacial score (nSPS) is 11.8. The Morgan fingerprint density at radius 1 is 1.86 bits per heavy atom. The van der Waals surface area contributed by atoms with E-state index in [0.29, 0.717) is 11.3 Å². The Morgan fingerprint density at radius 2 is 2.57 bits per heavy atom. The van der Waals surface area contributed by atoms with Gasteiger partial charge in [-0.2, -0.15) is 5.26 Å². The third kappa shape index (κ3) is 2.54. The number of nitriles is 1. The maximum Gasteiger partial charge on any atom is 0.263 e. The lowest BCUT2D eigenvalue weighted by atomic mass is 10.2. The van der Waals surface area contributed by atoms with Crippen molar-refractivity contribution in [3.63, 3.8) is 0 Å². The largest absolute Gasteiger partial charge is 0.348 e. The van der Waals surface area contributed by atoms with Crippen molar-refractivity contribution in [2.75, 3.05) is 0 Å². The number of carbonyl (C=O) groups excluding carboxylic acids is 1. The molecule has 1 atom stereocenters. The van der Waals surface area contributed by atoms with Gasteiger partial charge in [-0.25, -0.2) is 4.98 Å². The number of hydrogen-bond acceptors (Lipinski definition) is 4. The van der Waals surface area contributed by atoms with E-state index < -0.39 is 0 Å². The maximum absolute atomic E-state index is 11.6. The SMILES string of the molecule is Cc1ncsc1C(=O)NC(C)CC#N. The predicted octanol–water partition coefficient (Wildman–Crippen LogP) is 1.48. The van der Waals surface area contributed by atoms with Gasteiger partial charge >= 0.3 is 0 Å². The second-order valence-corrected chi connectivity index (χ2v) is 3.86. The van der Waals surface area contributed by atoms with Crippen molar-refractivity contribution >= 4 is 17.2 Å². The Balaban J connectivity index is 2.60. The van der Waals surface area contributed by atoms with E-state index in [9.17, 15) is 4.79 Å². The highest BCUT2D eigenvalue weighted by Gasteiger charge is 2.13. The minimum absolute atomic E-state index is 0.117. The molecule has 1 aromatic heterocycles. The number of amides is 1. The lowest BCUT2D eigenvalue weighted by Crippen LogP contribution is -2.32. The Labute approximate surface area is 86.6 Å². The molecule has 5 heteroatoms. The number of nitrogens with one attached hydrogen (secondary N) is 1. The van der Waals surface area contributed by atoms with Crippen LogP contribution in [0, 0.1) is 18.3 Å². The van der Waals surface area contributed by atoms with E-state index >= 15 is 0 Å². The van der Waals surface area contributed by atoms with Gasteiger partial charge in [0.15, 0.2) is 0 Å². The summed E-state index contributed by atoms with van der Waals surface area (Å²) >= 11 is 1.31. The summed E-state index contributed by atoms with van der Waals surface area (Å²) in [6.07, 6.45) is 0.323. The molecule has 0 aromatic carbocycles. The van der Waals surface area contributed by atoms with Crippen LogP contribution in [0.3, 0.4) is 0 Å². The molecule has 0 saturated heterocycles. The van der Waals surface area contributed by atoms with E-state index in [-0.39, 0.29) is 11.9 Å². The Hall–Kier alpha value is -1.41. The minimum Gasteiger partial charge on any atom is -0.348 e. The van der Waals surface area contributed by atoms with Crippen molar-refractivity contribution in [3.05, 3.63) is 16.1 Å². The Morgan fingerprint density at radius 3 is 3.07 bits per heavy atom. The van der Waals surface area contributed by atoms with E-state index in [1.165, 1.54) is 11.3 Å². The molecule has 0 aliphatic carbocycles. The zero-order valence-electron chi connectivity index (χ0n) is 8.07. The van der Waals surface area contributed by atoms with Crippen LogP contribution in [-0.4, -0.2) is 16.9 Å². The fourth-order valence-electron chi connectivity index (χ4n) is 0.997. The summed E-state index contributed by atoms with van der Waals surface area (Å²) in [5, 5.41) is 11.2. The second kappa shape index (κ2) is 4.72. The van der Waals surface area contributed by atoms with E-state index in [2.05, 4.69) is 10.3 Å². The molecule has 14 heavy (non-hydrogen) atoms. The van der Waals surface area contributed by atoms with E-state index in [1.54, 1.807) is 19.4 Å². The second-order valence-electron chi connectivity index (χ2n) is 3.00. The molecular formula is C9H11N3OS. The molecular weight excluding hydrogens is 198 g/mol. The summed E-state index contributed by atoms with van der Waals surface area (Å²) in [5.41, 5.74) is 2.37. The van der Waals surface area contributed by atoms with Crippen LogP contribution in [-0.2, 0) is 0 Å². The standard InChI is InChI=1S/C9H11N3OS/c1-6(3-4-10)12-9(13)8-7(2)11-5-14-8/h5-6H,3H2,1-2H3,(H,12,13). The fraction of sp³-hybridized carbons (Fsp3) is 0.444. The van der Waals surface area contributed by atoms with Crippen molar-refractivity contribution in [1.29, 1.82) is 5.26 Å². The number of thiazole rings is 1. The Kier molecular flexibility index (Phi) is 3.60. The summed E-state index contributed by atoms with van der Waals surface area (Å²) in [6, 6.07) is 1.89. The third-order valence-electron chi connectivity index (χ3n) is 1.73. The molecule has 74 valence electrons. The fourth-order valence-corrected chi connectivity index (χ4v) is 1.70. The Bertz CT molecular complexity index is 366. The number of carbonyl (C=O) groups is 1. The lowest BCUT2D eigenvalue weighted by molar-refractivity contribution is 0.0944. The molecule has 0 spiro atoms. The van der Waals surface area contributed by atoms with Crippen LogP contribution in [0.1, 0.15) is 28.7 Å². The van der Waals surface area contributed by atoms with Gasteiger partial charge in [0.05, 0.1) is 23.7 Å². The summed E-state index contributed by atoms with van der Waals surface area (Å²) < 4.78 is 0. The molecule has 1 N–H and O–H groups in total. The van der Waals surface area contributed by atoms with Crippen molar-refractivity contribution < 1.29 is 4.79 Å². The first-order valence-corrected chi connectivity index (χ1v) is 5.11. The van der Waals surface area contributed by atoms with Crippen LogP contribution in [0.25, 0.3) is 0 Å². The summed E-state index contributed by atoms with van der Waals surface area (Å²) in [6.45, 7) is 3.60. The number of hydrogen-bond donors (Lipinski definition) is 1. The lowest BCUT2D eigenvalue weighted by Gasteiger charge is -2.08. The quantitative estimate of drug-likeness (QED) is 0.820. The zero-order chi connectivity index (χ0) is 10.6. The average Bonchev–Trinajstić information content (AvgIpc) is 2.51. The summed E-state index contributed by atoms with van der Waals surface area (Å²) in [4.78, 5) is 16.2. The van der Waals surface area contributed by atoms with Crippen LogP contribution in [0.4, 0.5) is 0 Å². The smallest absolute Gasteiger partial charge is 0.263 e. The van der Waals surface area contributed by atoms with Crippen LogP contribution in [0.5, 0.6) is 0 Å². The highest BCUT2D eigenvalue weighted by Crippen LogP contribution is 2.11. The first-order chi connectivity index (χ1) is 6.65. The topological polar surface area (TPSA) is 65.8 Å².